The molecule has 3 rings (SSSR count). The summed E-state index contributed by atoms with van der Waals surface area (Å²) in [6.07, 6.45) is -3.49. The highest BCUT2D eigenvalue weighted by Crippen LogP contribution is 2.24. The van der Waals surface area contributed by atoms with E-state index in [4.69, 9.17) is 0 Å². The maximum atomic E-state index is 12.2. The van der Waals surface area contributed by atoms with Crippen molar-refractivity contribution in [3.05, 3.63) is 54.1 Å². The zero-order valence-electron chi connectivity index (χ0n) is 15.7. The highest BCUT2D eigenvalue weighted by Gasteiger charge is 2.31. The fourth-order valence-electron chi connectivity index (χ4n) is 2.92. The van der Waals surface area contributed by atoms with Crippen molar-refractivity contribution in [3.8, 4) is 5.75 Å². The van der Waals surface area contributed by atoms with E-state index in [0.29, 0.717) is 24.2 Å². The lowest BCUT2D eigenvalue weighted by Crippen LogP contribution is -2.32. The highest BCUT2D eigenvalue weighted by molar-refractivity contribution is 6.00. The molecule has 0 radical (unpaired) electrons. The third-order valence-corrected chi connectivity index (χ3v) is 4.30. The zero-order valence-corrected chi connectivity index (χ0v) is 15.7. The molecule has 1 aliphatic heterocycles. The first-order valence-corrected chi connectivity index (χ1v) is 9.05. The van der Waals surface area contributed by atoms with Gasteiger partial charge in [0.05, 0.1) is 6.54 Å². The van der Waals surface area contributed by atoms with E-state index in [-0.39, 0.29) is 18.1 Å². The minimum atomic E-state index is -4.79. The van der Waals surface area contributed by atoms with Crippen molar-refractivity contribution in [2.45, 2.75) is 19.2 Å². The second-order valence-corrected chi connectivity index (χ2v) is 6.50. The molecule has 0 saturated carbocycles. The molecule has 7 nitrogen and oxygen atoms in total. The average Bonchev–Trinajstić information content (AvgIpc) is 3.12. The second kappa shape index (κ2) is 8.85. The maximum absolute atomic E-state index is 12.2. The third-order valence-electron chi connectivity index (χ3n) is 4.30. The quantitative estimate of drug-likeness (QED) is 0.751. The largest absolute Gasteiger partial charge is 0.573 e. The lowest BCUT2D eigenvalue weighted by Gasteiger charge is -2.15. The normalized spacial score (nSPS) is 13.8. The lowest BCUT2D eigenvalue weighted by molar-refractivity contribution is -0.274. The molecule has 0 unspecified atom stereocenters. The number of carbonyl (C=O) groups is 3. The van der Waals surface area contributed by atoms with Crippen LogP contribution in [-0.2, 0) is 9.59 Å². The molecule has 1 heterocycles. The van der Waals surface area contributed by atoms with Crippen LogP contribution in [0.15, 0.2) is 48.5 Å². The molecule has 1 saturated heterocycles. The number of alkyl halides is 3. The van der Waals surface area contributed by atoms with Crippen LogP contribution in [0.4, 0.5) is 24.5 Å². The minimum absolute atomic E-state index is 0.0434. The maximum Gasteiger partial charge on any atom is 0.573 e. The van der Waals surface area contributed by atoms with Gasteiger partial charge < -0.3 is 20.3 Å². The van der Waals surface area contributed by atoms with E-state index in [1.165, 1.54) is 12.1 Å². The molecule has 0 bridgehead atoms. The summed E-state index contributed by atoms with van der Waals surface area (Å²) in [4.78, 5) is 37.5. The predicted molar refractivity (Wildman–Crippen MR) is 102 cm³/mol. The van der Waals surface area contributed by atoms with Crippen molar-refractivity contribution in [3.63, 3.8) is 0 Å². The smallest absolute Gasteiger partial charge is 0.406 e. The van der Waals surface area contributed by atoms with Crippen molar-refractivity contribution in [1.29, 1.82) is 0 Å². The summed E-state index contributed by atoms with van der Waals surface area (Å²) in [6.45, 7) is 0.319. The van der Waals surface area contributed by atoms with Crippen LogP contribution >= 0.6 is 0 Å². The van der Waals surface area contributed by atoms with Crippen molar-refractivity contribution in [2.24, 2.45) is 0 Å². The van der Waals surface area contributed by atoms with Gasteiger partial charge in [0.1, 0.15) is 5.75 Å². The molecule has 0 spiro atoms. The first kappa shape index (κ1) is 21.2. The minimum Gasteiger partial charge on any atom is -0.406 e. The van der Waals surface area contributed by atoms with Gasteiger partial charge >= 0.3 is 6.36 Å². The Balaban J connectivity index is 1.48. The molecule has 1 fully saturated rings. The molecule has 30 heavy (non-hydrogen) atoms. The Bertz CT molecular complexity index is 928. The van der Waals surface area contributed by atoms with Crippen LogP contribution in [0.3, 0.4) is 0 Å². The standard InChI is InChI=1S/C20H18F3N3O4/c21-20(22,23)30-16-9-5-14(6-10-16)25-17(27)12-24-19(29)13-3-7-15(8-4-13)26-11-1-2-18(26)28/h3-10H,1-2,11-12H2,(H,24,29)(H,25,27). The van der Waals surface area contributed by atoms with Crippen molar-refractivity contribution in [1.82, 2.24) is 5.32 Å². The number of rotatable bonds is 6. The van der Waals surface area contributed by atoms with Gasteiger partial charge in [-0.3, -0.25) is 14.4 Å². The van der Waals surface area contributed by atoms with E-state index >= 15 is 0 Å². The first-order valence-electron chi connectivity index (χ1n) is 9.05. The number of hydrogen-bond acceptors (Lipinski definition) is 4. The first-order chi connectivity index (χ1) is 14.2. The van der Waals surface area contributed by atoms with Crippen molar-refractivity contribution in [2.75, 3.05) is 23.3 Å². The Kier molecular flexibility index (Phi) is 6.24. The van der Waals surface area contributed by atoms with E-state index in [9.17, 15) is 27.6 Å². The van der Waals surface area contributed by atoms with Crippen LogP contribution in [0, 0.1) is 0 Å². The number of benzene rings is 2. The van der Waals surface area contributed by atoms with Gasteiger partial charge in [-0.05, 0) is 55.0 Å². The Hall–Kier alpha value is -3.56. The molecule has 1 aliphatic rings. The fraction of sp³-hybridized carbons (Fsp3) is 0.250. The van der Waals surface area contributed by atoms with Crippen LogP contribution < -0.4 is 20.3 Å². The van der Waals surface area contributed by atoms with Gasteiger partial charge in [0.25, 0.3) is 5.91 Å². The molecule has 2 N–H and O–H groups in total. The van der Waals surface area contributed by atoms with Crippen molar-refractivity contribution < 1.29 is 32.3 Å². The average molecular weight is 421 g/mol. The summed E-state index contributed by atoms with van der Waals surface area (Å²) in [7, 11) is 0. The van der Waals surface area contributed by atoms with E-state index < -0.39 is 23.9 Å². The van der Waals surface area contributed by atoms with Crippen LogP contribution in [-0.4, -0.2) is 37.2 Å². The molecule has 3 amide bonds. The monoisotopic (exact) mass is 421 g/mol. The Morgan fingerprint density at radius 3 is 2.27 bits per heavy atom. The number of hydrogen-bond donors (Lipinski definition) is 2. The van der Waals surface area contributed by atoms with Gasteiger partial charge in [-0.1, -0.05) is 0 Å². The summed E-state index contributed by atoms with van der Waals surface area (Å²) in [5.74, 6) is -1.39. The Morgan fingerprint density at radius 1 is 1.03 bits per heavy atom. The molecular weight excluding hydrogens is 403 g/mol. The number of ether oxygens (including phenoxy) is 1. The summed E-state index contributed by atoms with van der Waals surface area (Å²) in [5.41, 5.74) is 1.29. The number of halogens is 3. The topological polar surface area (TPSA) is 87.7 Å². The molecule has 10 heteroatoms. The number of nitrogens with one attached hydrogen (secondary N) is 2. The molecular formula is C20H18F3N3O4. The van der Waals surface area contributed by atoms with Gasteiger partial charge in [-0.15, -0.1) is 13.2 Å². The number of nitrogens with zero attached hydrogens (tertiary/aromatic N) is 1. The van der Waals surface area contributed by atoms with Crippen LogP contribution in [0.2, 0.25) is 0 Å². The number of anilines is 2. The summed E-state index contributed by atoms with van der Waals surface area (Å²) >= 11 is 0. The van der Waals surface area contributed by atoms with E-state index in [1.807, 2.05) is 0 Å². The molecule has 158 valence electrons. The Morgan fingerprint density at radius 2 is 1.70 bits per heavy atom. The number of carbonyl (C=O) groups excluding carboxylic acids is 3. The zero-order chi connectivity index (χ0) is 21.7. The third kappa shape index (κ3) is 5.72. The van der Waals surface area contributed by atoms with Crippen LogP contribution in [0.1, 0.15) is 23.2 Å². The highest BCUT2D eigenvalue weighted by atomic mass is 19.4. The van der Waals surface area contributed by atoms with Crippen LogP contribution in [0.5, 0.6) is 5.75 Å². The van der Waals surface area contributed by atoms with Gasteiger partial charge in [-0.2, -0.15) is 0 Å². The van der Waals surface area contributed by atoms with Crippen LogP contribution in [0.25, 0.3) is 0 Å². The van der Waals surface area contributed by atoms with Gasteiger partial charge in [-0.25, -0.2) is 0 Å². The molecule has 0 aliphatic carbocycles. The second-order valence-electron chi connectivity index (χ2n) is 6.50. The van der Waals surface area contributed by atoms with E-state index in [2.05, 4.69) is 15.4 Å². The van der Waals surface area contributed by atoms with Gasteiger partial charge in [0, 0.05) is 29.9 Å². The van der Waals surface area contributed by atoms with Gasteiger partial charge in [0.2, 0.25) is 11.8 Å². The molecule has 0 atom stereocenters. The SMILES string of the molecule is O=C(CNC(=O)c1ccc(N2CCCC2=O)cc1)Nc1ccc(OC(F)(F)F)cc1. The summed E-state index contributed by atoms with van der Waals surface area (Å²) < 4.78 is 40.2. The predicted octanol–water partition coefficient (Wildman–Crippen LogP) is 3.08. The summed E-state index contributed by atoms with van der Waals surface area (Å²) in [6, 6.07) is 11.1. The number of amides is 3. The molecule has 2 aromatic rings. The van der Waals surface area contributed by atoms with E-state index in [0.717, 1.165) is 18.6 Å². The lowest BCUT2D eigenvalue weighted by atomic mass is 10.2. The molecule has 2 aromatic carbocycles. The fourth-order valence-corrected chi connectivity index (χ4v) is 2.92. The van der Waals surface area contributed by atoms with E-state index in [1.54, 1.807) is 29.2 Å². The van der Waals surface area contributed by atoms with Gasteiger partial charge in [0.15, 0.2) is 0 Å². The Labute approximate surface area is 169 Å². The summed E-state index contributed by atoms with van der Waals surface area (Å²) in [5, 5.41) is 4.91. The molecule has 0 aromatic heterocycles. The van der Waals surface area contributed by atoms with Crippen molar-refractivity contribution >= 4 is 29.1 Å².